The lowest BCUT2D eigenvalue weighted by Crippen LogP contribution is -2.09. The second-order valence-electron chi connectivity index (χ2n) is 3.24. The first-order valence-corrected chi connectivity index (χ1v) is 5.32. The summed E-state index contributed by atoms with van der Waals surface area (Å²) in [5.41, 5.74) is -0.888. The van der Waals surface area contributed by atoms with Crippen LogP contribution in [0.2, 0.25) is 0 Å². The minimum absolute atomic E-state index is 0.371. The van der Waals surface area contributed by atoms with Gasteiger partial charge in [-0.1, -0.05) is 22.5 Å². The van der Waals surface area contributed by atoms with Gasteiger partial charge in [-0.15, -0.1) is 0 Å². The molecule has 1 aromatic carbocycles. The fraction of sp³-hybridized carbons (Fsp3) is 0.182. The Bertz CT molecular complexity index is 475. The van der Waals surface area contributed by atoms with Crippen molar-refractivity contribution in [1.29, 1.82) is 5.26 Å². The number of nitrogens with zero attached hydrogens (tertiary/aromatic N) is 1. The van der Waals surface area contributed by atoms with Crippen LogP contribution in [0.4, 0.5) is 18.9 Å². The van der Waals surface area contributed by atoms with Crippen molar-refractivity contribution in [2.24, 2.45) is 0 Å². The molecule has 1 rings (SSSR count). The predicted molar refractivity (Wildman–Crippen MR) is 62.7 cm³/mol. The molecule has 2 nitrogen and oxygen atoms in total. The molecule has 0 atom stereocenters. The molecular weight excluding hydrogens is 297 g/mol. The standard InChI is InChI=1S/C11H8BrF3N2/c1-7(12)6-17-9-2-3-10(11(13,14)15)8(4-9)5-16/h2-4,17H,1,6H2. The van der Waals surface area contributed by atoms with Crippen LogP contribution in [0.3, 0.4) is 0 Å². The average Bonchev–Trinajstić information content (AvgIpc) is 2.24. The monoisotopic (exact) mass is 304 g/mol. The Morgan fingerprint density at radius 1 is 1.47 bits per heavy atom. The minimum atomic E-state index is -4.51. The topological polar surface area (TPSA) is 35.8 Å². The Hall–Kier alpha value is -1.48. The van der Waals surface area contributed by atoms with Crippen LogP contribution in [0, 0.1) is 11.3 Å². The van der Waals surface area contributed by atoms with Crippen LogP contribution in [0.1, 0.15) is 11.1 Å². The lowest BCUT2D eigenvalue weighted by molar-refractivity contribution is -0.137. The lowest BCUT2D eigenvalue weighted by Gasteiger charge is -2.11. The highest BCUT2D eigenvalue weighted by Gasteiger charge is 2.33. The zero-order valence-electron chi connectivity index (χ0n) is 8.61. The van der Waals surface area contributed by atoms with Crippen LogP contribution in [0.25, 0.3) is 0 Å². The van der Waals surface area contributed by atoms with E-state index in [1.54, 1.807) is 0 Å². The quantitative estimate of drug-likeness (QED) is 0.919. The van der Waals surface area contributed by atoms with Gasteiger partial charge in [0.05, 0.1) is 17.2 Å². The molecule has 0 aliphatic heterocycles. The number of benzene rings is 1. The molecule has 0 saturated heterocycles. The third-order valence-electron chi connectivity index (χ3n) is 1.93. The van der Waals surface area contributed by atoms with Crippen LogP contribution < -0.4 is 5.32 Å². The Balaban J connectivity index is 3.02. The summed E-state index contributed by atoms with van der Waals surface area (Å²) in [6.07, 6.45) is -4.51. The van der Waals surface area contributed by atoms with Crippen molar-refractivity contribution >= 4 is 21.6 Å². The maximum atomic E-state index is 12.5. The molecule has 0 unspecified atom stereocenters. The zero-order chi connectivity index (χ0) is 13.1. The van der Waals surface area contributed by atoms with E-state index < -0.39 is 17.3 Å². The minimum Gasteiger partial charge on any atom is -0.380 e. The van der Waals surface area contributed by atoms with E-state index >= 15 is 0 Å². The van der Waals surface area contributed by atoms with E-state index in [1.165, 1.54) is 18.2 Å². The van der Waals surface area contributed by atoms with Gasteiger partial charge in [-0.2, -0.15) is 18.4 Å². The Kier molecular flexibility index (Phi) is 4.18. The van der Waals surface area contributed by atoms with Gasteiger partial charge < -0.3 is 5.32 Å². The number of alkyl halides is 3. The van der Waals surface area contributed by atoms with Crippen LogP contribution in [-0.2, 0) is 6.18 Å². The molecular formula is C11H8BrF3N2. The molecule has 0 spiro atoms. The number of hydrogen-bond donors (Lipinski definition) is 1. The van der Waals surface area contributed by atoms with Crippen molar-refractivity contribution in [2.75, 3.05) is 11.9 Å². The van der Waals surface area contributed by atoms with Crippen molar-refractivity contribution in [3.05, 3.63) is 40.4 Å². The average molecular weight is 305 g/mol. The summed E-state index contributed by atoms with van der Waals surface area (Å²) in [5.74, 6) is 0. The van der Waals surface area contributed by atoms with Crippen LogP contribution in [-0.4, -0.2) is 6.54 Å². The number of hydrogen-bond acceptors (Lipinski definition) is 2. The molecule has 90 valence electrons. The van der Waals surface area contributed by atoms with Gasteiger partial charge in [0.15, 0.2) is 0 Å². The van der Waals surface area contributed by atoms with E-state index in [0.717, 1.165) is 6.07 Å². The Morgan fingerprint density at radius 2 is 2.12 bits per heavy atom. The highest BCUT2D eigenvalue weighted by atomic mass is 79.9. The summed E-state index contributed by atoms with van der Waals surface area (Å²) < 4.78 is 38.1. The number of rotatable bonds is 3. The van der Waals surface area contributed by atoms with E-state index in [4.69, 9.17) is 5.26 Å². The first-order chi connectivity index (χ1) is 7.84. The fourth-order valence-corrected chi connectivity index (χ4v) is 1.33. The summed E-state index contributed by atoms with van der Waals surface area (Å²) in [6.45, 7) is 3.95. The van der Waals surface area contributed by atoms with Crippen LogP contribution in [0.5, 0.6) is 0 Å². The third-order valence-corrected chi connectivity index (χ3v) is 2.21. The zero-order valence-corrected chi connectivity index (χ0v) is 10.2. The Morgan fingerprint density at radius 3 is 2.59 bits per heavy atom. The molecule has 1 N–H and O–H groups in total. The first-order valence-electron chi connectivity index (χ1n) is 4.53. The Labute approximate surface area is 105 Å². The van der Waals surface area contributed by atoms with Gasteiger partial charge in [0.2, 0.25) is 0 Å². The highest BCUT2D eigenvalue weighted by Crippen LogP contribution is 2.32. The molecule has 0 radical (unpaired) electrons. The first kappa shape index (κ1) is 13.6. The summed E-state index contributed by atoms with van der Waals surface area (Å²) in [7, 11) is 0. The molecule has 0 saturated carbocycles. The van der Waals surface area contributed by atoms with Gasteiger partial charge in [0.1, 0.15) is 0 Å². The van der Waals surface area contributed by atoms with Crippen LogP contribution >= 0.6 is 15.9 Å². The highest BCUT2D eigenvalue weighted by molar-refractivity contribution is 9.11. The van der Waals surface area contributed by atoms with Crippen molar-refractivity contribution in [3.8, 4) is 6.07 Å². The van der Waals surface area contributed by atoms with Gasteiger partial charge in [0, 0.05) is 16.7 Å². The van der Waals surface area contributed by atoms with Crippen molar-refractivity contribution in [1.82, 2.24) is 0 Å². The summed E-state index contributed by atoms with van der Waals surface area (Å²) in [5, 5.41) is 11.5. The van der Waals surface area contributed by atoms with E-state index in [0.29, 0.717) is 16.7 Å². The van der Waals surface area contributed by atoms with E-state index in [1.807, 2.05) is 0 Å². The predicted octanol–water partition coefficient (Wildman–Crippen LogP) is 3.90. The third kappa shape index (κ3) is 3.79. The maximum Gasteiger partial charge on any atom is 0.417 e. The second-order valence-corrected chi connectivity index (χ2v) is 4.36. The van der Waals surface area contributed by atoms with Gasteiger partial charge in [-0.25, -0.2) is 0 Å². The molecule has 0 fully saturated rings. The molecule has 0 aliphatic rings. The normalized spacial score (nSPS) is 10.8. The maximum absolute atomic E-state index is 12.5. The van der Waals surface area contributed by atoms with Crippen molar-refractivity contribution in [2.45, 2.75) is 6.18 Å². The molecule has 17 heavy (non-hydrogen) atoms. The molecule has 0 heterocycles. The molecule has 1 aromatic rings. The van der Waals surface area contributed by atoms with Crippen LogP contribution in [0.15, 0.2) is 29.3 Å². The van der Waals surface area contributed by atoms with Gasteiger partial charge >= 0.3 is 6.18 Å². The van der Waals surface area contributed by atoms with Gasteiger partial charge in [-0.3, -0.25) is 0 Å². The smallest absolute Gasteiger partial charge is 0.380 e. The summed E-state index contributed by atoms with van der Waals surface area (Å²) in [4.78, 5) is 0. The molecule has 0 aromatic heterocycles. The molecule has 0 aliphatic carbocycles. The second kappa shape index (κ2) is 5.23. The van der Waals surface area contributed by atoms with E-state index in [9.17, 15) is 13.2 Å². The number of halogens is 4. The van der Waals surface area contributed by atoms with Gasteiger partial charge in [-0.05, 0) is 18.2 Å². The molecule has 0 bridgehead atoms. The fourth-order valence-electron chi connectivity index (χ4n) is 1.19. The molecule has 0 amide bonds. The number of nitriles is 1. The summed E-state index contributed by atoms with van der Waals surface area (Å²) >= 11 is 3.11. The van der Waals surface area contributed by atoms with Gasteiger partial charge in [0.25, 0.3) is 0 Å². The van der Waals surface area contributed by atoms with E-state index in [-0.39, 0.29) is 0 Å². The van der Waals surface area contributed by atoms with Crippen molar-refractivity contribution < 1.29 is 13.2 Å². The largest absolute Gasteiger partial charge is 0.417 e. The summed E-state index contributed by atoms with van der Waals surface area (Å²) in [6, 6.07) is 4.87. The number of nitrogens with one attached hydrogen (secondary N) is 1. The molecule has 6 heteroatoms. The van der Waals surface area contributed by atoms with E-state index in [2.05, 4.69) is 27.8 Å². The van der Waals surface area contributed by atoms with Crippen molar-refractivity contribution in [3.63, 3.8) is 0 Å². The SMILES string of the molecule is C=C(Br)CNc1ccc(C(F)(F)F)c(C#N)c1. The lowest BCUT2D eigenvalue weighted by atomic mass is 10.1. The number of anilines is 1.